The van der Waals surface area contributed by atoms with Gasteiger partial charge in [-0.15, -0.1) is 0 Å². The summed E-state index contributed by atoms with van der Waals surface area (Å²) in [4.78, 5) is 33.0. The fraction of sp³-hybridized carbons (Fsp3) is 0.280. The fourth-order valence-electron chi connectivity index (χ4n) is 4.17. The van der Waals surface area contributed by atoms with Crippen LogP contribution >= 0.6 is 11.3 Å². The van der Waals surface area contributed by atoms with E-state index in [-0.39, 0.29) is 23.8 Å². The van der Waals surface area contributed by atoms with Gasteiger partial charge >= 0.3 is 0 Å². The third kappa shape index (κ3) is 4.31. The Labute approximate surface area is 199 Å². The first-order valence-corrected chi connectivity index (χ1v) is 12.2. The number of carbonyl (C=O) groups is 1. The van der Waals surface area contributed by atoms with E-state index in [0.717, 1.165) is 47.7 Å². The number of benzene rings is 2. The van der Waals surface area contributed by atoms with Crippen LogP contribution in [0.1, 0.15) is 25.3 Å². The average molecular weight is 478 g/mol. The molecule has 1 amide bonds. The molecule has 2 aromatic heterocycles. The van der Waals surface area contributed by atoms with E-state index in [9.17, 15) is 14.0 Å². The molecule has 7 nitrogen and oxygen atoms in total. The maximum Gasteiger partial charge on any atom is 0.294 e. The Kier molecular flexibility index (Phi) is 6.10. The van der Waals surface area contributed by atoms with Crippen LogP contribution in [0.4, 0.5) is 15.2 Å². The van der Waals surface area contributed by atoms with E-state index in [2.05, 4.69) is 20.3 Å². The Morgan fingerprint density at radius 1 is 1.12 bits per heavy atom. The fourth-order valence-corrected chi connectivity index (χ4v) is 5.29. The molecule has 0 radical (unpaired) electrons. The number of halogens is 1. The molecule has 0 unspecified atom stereocenters. The van der Waals surface area contributed by atoms with Gasteiger partial charge in [-0.2, -0.15) is 5.10 Å². The molecule has 1 N–H and O–H groups in total. The zero-order chi connectivity index (χ0) is 23.7. The van der Waals surface area contributed by atoms with Crippen molar-refractivity contribution >= 4 is 38.3 Å². The molecule has 0 spiro atoms. The van der Waals surface area contributed by atoms with Gasteiger partial charge in [0.1, 0.15) is 18.1 Å². The number of fused-ring (bicyclic) bond motifs is 1. The zero-order valence-electron chi connectivity index (χ0n) is 18.8. The molecule has 0 saturated carbocycles. The van der Waals surface area contributed by atoms with Gasteiger partial charge in [0.25, 0.3) is 5.56 Å². The Morgan fingerprint density at radius 3 is 2.59 bits per heavy atom. The smallest absolute Gasteiger partial charge is 0.294 e. The minimum absolute atomic E-state index is 0.252. The number of aryl methyl sites for hydroxylation is 1. The van der Waals surface area contributed by atoms with Gasteiger partial charge in [-0.1, -0.05) is 36.5 Å². The van der Waals surface area contributed by atoms with Crippen molar-refractivity contribution in [1.82, 2.24) is 14.8 Å². The third-order valence-electron chi connectivity index (χ3n) is 5.95. The Bertz CT molecular complexity index is 1410. The van der Waals surface area contributed by atoms with Gasteiger partial charge in [0.05, 0.1) is 4.70 Å². The zero-order valence-corrected chi connectivity index (χ0v) is 19.6. The topological polar surface area (TPSA) is 80.1 Å². The standard InChI is InChI=1S/C25H24FN5O2S/c1-2-16-7-3-4-8-19(16)27-20(32)15-31-24(33)22-23(34-25(28-22)30-13-5-6-14-30)21(29-31)17-9-11-18(26)12-10-17/h3-4,7-12H,2,5-6,13-15H2,1H3,(H,27,32). The quantitative estimate of drug-likeness (QED) is 0.444. The number of carbonyl (C=O) groups excluding carboxylic acids is 1. The van der Waals surface area contributed by atoms with Gasteiger partial charge in [0.2, 0.25) is 5.91 Å². The molecule has 0 bridgehead atoms. The third-order valence-corrected chi connectivity index (χ3v) is 7.07. The normalized spacial score (nSPS) is 13.5. The number of nitrogens with one attached hydrogen (secondary N) is 1. The molecule has 0 atom stereocenters. The monoisotopic (exact) mass is 477 g/mol. The highest BCUT2D eigenvalue weighted by molar-refractivity contribution is 7.22. The molecule has 174 valence electrons. The van der Waals surface area contributed by atoms with Gasteiger partial charge in [0.15, 0.2) is 10.6 Å². The van der Waals surface area contributed by atoms with Gasteiger partial charge < -0.3 is 10.2 Å². The van der Waals surface area contributed by atoms with Crippen LogP contribution in [0.3, 0.4) is 0 Å². The lowest BCUT2D eigenvalue weighted by Crippen LogP contribution is -2.30. The molecule has 1 aliphatic rings. The summed E-state index contributed by atoms with van der Waals surface area (Å²) in [6.45, 7) is 3.55. The van der Waals surface area contributed by atoms with Crippen LogP contribution in [-0.4, -0.2) is 33.8 Å². The summed E-state index contributed by atoms with van der Waals surface area (Å²) in [5, 5.41) is 8.20. The van der Waals surface area contributed by atoms with Crippen molar-refractivity contribution in [3.05, 3.63) is 70.3 Å². The first kappa shape index (κ1) is 22.2. The number of amides is 1. The van der Waals surface area contributed by atoms with Crippen LogP contribution in [0.25, 0.3) is 21.5 Å². The highest BCUT2D eigenvalue weighted by Gasteiger charge is 2.22. The molecule has 5 rings (SSSR count). The predicted molar refractivity (Wildman–Crippen MR) is 133 cm³/mol. The van der Waals surface area contributed by atoms with Crippen LogP contribution in [0.15, 0.2) is 53.3 Å². The largest absolute Gasteiger partial charge is 0.348 e. The maximum atomic E-state index is 13.6. The predicted octanol–water partition coefficient (Wildman–Crippen LogP) is 4.46. The van der Waals surface area contributed by atoms with Crippen molar-refractivity contribution in [2.75, 3.05) is 23.3 Å². The second-order valence-electron chi connectivity index (χ2n) is 8.25. The van der Waals surface area contributed by atoms with Gasteiger partial charge in [0, 0.05) is 24.3 Å². The summed E-state index contributed by atoms with van der Waals surface area (Å²) in [5.74, 6) is -0.709. The van der Waals surface area contributed by atoms with E-state index in [1.54, 1.807) is 12.1 Å². The molecule has 4 aromatic rings. The lowest BCUT2D eigenvalue weighted by atomic mass is 10.1. The Balaban J connectivity index is 1.56. The molecule has 34 heavy (non-hydrogen) atoms. The van der Waals surface area contributed by atoms with Crippen molar-refractivity contribution in [3.8, 4) is 11.3 Å². The average Bonchev–Trinajstić information content (AvgIpc) is 3.52. The summed E-state index contributed by atoms with van der Waals surface area (Å²) in [6, 6.07) is 13.5. The summed E-state index contributed by atoms with van der Waals surface area (Å²) >= 11 is 1.41. The number of nitrogens with zero attached hydrogens (tertiary/aromatic N) is 4. The second kappa shape index (κ2) is 9.34. The molecular formula is C25H24FN5O2S. The maximum absolute atomic E-state index is 13.6. The number of para-hydroxylation sites is 1. The summed E-state index contributed by atoms with van der Waals surface area (Å²) in [5.41, 5.74) is 2.76. The number of thiazole rings is 1. The van der Waals surface area contributed by atoms with Crippen LogP contribution < -0.4 is 15.8 Å². The Hall–Kier alpha value is -3.59. The van der Waals surface area contributed by atoms with Crippen LogP contribution in [0, 0.1) is 5.82 Å². The van der Waals surface area contributed by atoms with Crippen molar-refractivity contribution in [2.24, 2.45) is 0 Å². The van der Waals surface area contributed by atoms with E-state index in [4.69, 9.17) is 0 Å². The molecule has 1 saturated heterocycles. The Morgan fingerprint density at radius 2 is 1.85 bits per heavy atom. The van der Waals surface area contributed by atoms with Gasteiger partial charge in [-0.05, 0) is 55.2 Å². The van der Waals surface area contributed by atoms with Crippen molar-refractivity contribution in [2.45, 2.75) is 32.7 Å². The molecule has 0 aliphatic carbocycles. The number of hydrogen-bond acceptors (Lipinski definition) is 6. The van der Waals surface area contributed by atoms with Crippen LogP contribution in [-0.2, 0) is 17.8 Å². The van der Waals surface area contributed by atoms with E-state index in [1.165, 1.54) is 23.5 Å². The molecule has 1 fully saturated rings. The highest BCUT2D eigenvalue weighted by Crippen LogP contribution is 2.35. The number of anilines is 2. The van der Waals surface area contributed by atoms with E-state index in [1.807, 2.05) is 31.2 Å². The van der Waals surface area contributed by atoms with Gasteiger partial charge in [-0.25, -0.2) is 14.1 Å². The molecule has 2 aromatic carbocycles. The minimum atomic E-state index is -0.415. The molecule has 9 heteroatoms. The first-order chi connectivity index (χ1) is 16.5. The lowest BCUT2D eigenvalue weighted by Gasteiger charge is -2.11. The van der Waals surface area contributed by atoms with E-state index < -0.39 is 5.56 Å². The van der Waals surface area contributed by atoms with Crippen LogP contribution in [0.5, 0.6) is 0 Å². The number of rotatable bonds is 6. The van der Waals surface area contributed by atoms with E-state index in [0.29, 0.717) is 21.6 Å². The van der Waals surface area contributed by atoms with E-state index >= 15 is 0 Å². The second-order valence-corrected chi connectivity index (χ2v) is 9.22. The molecular weight excluding hydrogens is 453 g/mol. The molecule has 3 heterocycles. The number of hydrogen-bond donors (Lipinski definition) is 1. The molecule has 1 aliphatic heterocycles. The van der Waals surface area contributed by atoms with Crippen molar-refractivity contribution < 1.29 is 9.18 Å². The van der Waals surface area contributed by atoms with Gasteiger partial charge in [-0.3, -0.25) is 9.59 Å². The van der Waals surface area contributed by atoms with Crippen molar-refractivity contribution in [1.29, 1.82) is 0 Å². The summed E-state index contributed by atoms with van der Waals surface area (Å²) in [6.07, 6.45) is 2.94. The first-order valence-electron chi connectivity index (χ1n) is 11.3. The summed E-state index contributed by atoms with van der Waals surface area (Å²) in [7, 11) is 0. The lowest BCUT2D eigenvalue weighted by molar-refractivity contribution is -0.117. The van der Waals surface area contributed by atoms with Crippen LogP contribution in [0.2, 0.25) is 0 Å². The highest BCUT2D eigenvalue weighted by atomic mass is 32.1. The van der Waals surface area contributed by atoms with Crippen molar-refractivity contribution in [3.63, 3.8) is 0 Å². The number of aromatic nitrogens is 3. The summed E-state index contributed by atoms with van der Waals surface area (Å²) < 4.78 is 15.4. The minimum Gasteiger partial charge on any atom is -0.348 e. The SMILES string of the molecule is CCc1ccccc1NC(=O)Cn1nc(-c2ccc(F)cc2)c2sc(N3CCCC3)nc2c1=O.